The number of aromatic carboxylic acids is 1. The van der Waals surface area contributed by atoms with E-state index in [-0.39, 0.29) is 18.2 Å². The highest BCUT2D eigenvalue weighted by Crippen LogP contribution is 2.08. The molecular weight excluding hydrogens is 230 g/mol. The molecule has 90 valence electrons. The van der Waals surface area contributed by atoms with E-state index < -0.39 is 5.97 Å². The van der Waals surface area contributed by atoms with Crippen LogP contribution in [0.5, 0.6) is 0 Å². The lowest BCUT2D eigenvalue weighted by Gasteiger charge is -2.06. The van der Waals surface area contributed by atoms with Crippen LogP contribution in [-0.2, 0) is 6.54 Å². The van der Waals surface area contributed by atoms with Gasteiger partial charge in [-0.05, 0) is 11.7 Å². The molecule has 0 amide bonds. The monoisotopic (exact) mass is 245 g/mol. The average molecular weight is 245 g/mol. The second-order valence-corrected chi connectivity index (χ2v) is 4.68. The Morgan fingerprint density at radius 3 is 3.00 bits per heavy atom. The van der Waals surface area contributed by atoms with E-state index in [4.69, 9.17) is 10.2 Å². The van der Waals surface area contributed by atoms with Gasteiger partial charge in [0.15, 0.2) is 5.69 Å². The summed E-state index contributed by atoms with van der Waals surface area (Å²) in [7, 11) is 0. The summed E-state index contributed by atoms with van der Waals surface area (Å²) in [6.45, 7) is 2.80. The largest absolute Gasteiger partial charge is 0.476 e. The molecule has 0 aliphatic heterocycles. The van der Waals surface area contributed by atoms with Gasteiger partial charge in [0.05, 0.1) is 12.7 Å². The molecule has 0 aliphatic carbocycles. The first-order valence-corrected chi connectivity index (χ1v) is 6.11. The third kappa shape index (κ3) is 4.19. The SMILES string of the molecule is CC(CO)CSCCn1cc(C(=O)O)nn1. The molecule has 2 N–H and O–H groups in total. The predicted molar refractivity (Wildman–Crippen MR) is 60.6 cm³/mol. The molecule has 0 aromatic carbocycles. The van der Waals surface area contributed by atoms with Crippen molar-refractivity contribution in [1.29, 1.82) is 0 Å². The molecule has 1 aromatic rings. The van der Waals surface area contributed by atoms with Crippen molar-refractivity contribution in [3.8, 4) is 0 Å². The quantitative estimate of drug-likeness (QED) is 0.673. The lowest BCUT2D eigenvalue weighted by atomic mass is 10.2. The van der Waals surface area contributed by atoms with E-state index >= 15 is 0 Å². The van der Waals surface area contributed by atoms with E-state index in [9.17, 15) is 4.79 Å². The third-order valence-electron chi connectivity index (χ3n) is 1.94. The minimum atomic E-state index is -1.06. The summed E-state index contributed by atoms with van der Waals surface area (Å²) in [5.74, 6) is 0.937. The topological polar surface area (TPSA) is 88.2 Å². The maximum Gasteiger partial charge on any atom is 0.358 e. The Labute approximate surface area is 97.7 Å². The van der Waals surface area contributed by atoms with Crippen LogP contribution in [0.15, 0.2) is 6.20 Å². The summed E-state index contributed by atoms with van der Waals surface area (Å²) in [6.07, 6.45) is 1.42. The Hall–Kier alpha value is -1.08. The zero-order valence-corrected chi connectivity index (χ0v) is 9.85. The van der Waals surface area contributed by atoms with Gasteiger partial charge in [0.25, 0.3) is 0 Å². The van der Waals surface area contributed by atoms with Gasteiger partial charge in [-0.25, -0.2) is 4.79 Å². The van der Waals surface area contributed by atoms with E-state index in [1.165, 1.54) is 10.9 Å². The van der Waals surface area contributed by atoms with Gasteiger partial charge < -0.3 is 10.2 Å². The predicted octanol–water partition coefficient (Wildman–Crippen LogP) is 0.338. The van der Waals surface area contributed by atoms with Gasteiger partial charge >= 0.3 is 5.97 Å². The van der Waals surface area contributed by atoms with E-state index in [0.717, 1.165) is 11.5 Å². The molecule has 1 unspecified atom stereocenters. The van der Waals surface area contributed by atoms with Crippen LogP contribution in [0.1, 0.15) is 17.4 Å². The molecule has 16 heavy (non-hydrogen) atoms. The Morgan fingerprint density at radius 1 is 1.69 bits per heavy atom. The third-order valence-corrected chi connectivity index (χ3v) is 3.21. The lowest BCUT2D eigenvalue weighted by Crippen LogP contribution is -2.06. The molecule has 1 rings (SSSR count). The first kappa shape index (κ1) is 13.0. The molecule has 0 fully saturated rings. The van der Waals surface area contributed by atoms with Gasteiger partial charge in [-0.15, -0.1) is 5.10 Å². The van der Waals surface area contributed by atoms with Crippen molar-refractivity contribution >= 4 is 17.7 Å². The fraction of sp³-hybridized carbons (Fsp3) is 0.667. The van der Waals surface area contributed by atoms with Crippen molar-refractivity contribution < 1.29 is 15.0 Å². The van der Waals surface area contributed by atoms with Gasteiger partial charge in [-0.3, -0.25) is 4.68 Å². The molecule has 0 saturated heterocycles. The van der Waals surface area contributed by atoms with E-state index in [1.807, 2.05) is 6.92 Å². The average Bonchev–Trinajstić information content (AvgIpc) is 2.72. The molecule has 0 saturated carbocycles. The van der Waals surface area contributed by atoms with Crippen LogP contribution < -0.4 is 0 Å². The molecular formula is C9H15N3O3S. The van der Waals surface area contributed by atoms with Gasteiger partial charge in [0.2, 0.25) is 0 Å². The minimum Gasteiger partial charge on any atom is -0.476 e. The number of aryl methyl sites for hydroxylation is 1. The summed E-state index contributed by atoms with van der Waals surface area (Å²) in [6, 6.07) is 0. The normalized spacial score (nSPS) is 12.6. The number of carboxylic acid groups (broad SMARTS) is 1. The van der Waals surface area contributed by atoms with Crippen LogP contribution in [-0.4, -0.2) is 49.3 Å². The van der Waals surface area contributed by atoms with Crippen LogP contribution >= 0.6 is 11.8 Å². The van der Waals surface area contributed by atoms with Crippen LogP contribution in [0.25, 0.3) is 0 Å². The number of rotatable bonds is 7. The molecule has 0 radical (unpaired) electrons. The molecule has 1 aromatic heterocycles. The number of thioether (sulfide) groups is 1. The van der Waals surface area contributed by atoms with Gasteiger partial charge in [-0.1, -0.05) is 12.1 Å². The number of nitrogens with zero attached hydrogens (tertiary/aromatic N) is 3. The molecule has 1 atom stereocenters. The lowest BCUT2D eigenvalue weighted by molar-refractivity contribution is 0.0690. The number of carbonyl (C=O) groups is 1. The zero-order chi connectivity index (χ0) is 12.0. The summed E-state index contributed by atoms with van der Waals surface area (Å²) >= 11 is 1.70. The summed E-state index contributed by atoms with van der Waals surface area (Å²) in [5.41, 5.74) is -0.0336. The van der Waals surface area contributed by atoms with Gasteiger partial charge in [-0.2, -0.15) is 11.8 Å². The highest BCUT2D eigenvalue weighted by Gasteiger charge is 2.07. The number of aromatic nitrogens is 3. The molecule has 0 bridgehead atoms. The van der Waals surface area contributed by atoms with Crippen LogP contribution in [0.4, 0.5) is 0 Å². The molecule has 0 spiro atoms. The number of aliphatic hydroxyl groups excluding tert-OH is 1. The summed E-state index contributed by atoms with van der Waals surface area (Å²) in [5, 5.41) is 24.6. The van der Waals surface area contributed by atoms with E-state index in [1.54, 1.807) is 11.8 Å². The second-order valence-electron chi connectivity index (χ2n) is 3.53. The van der Waals surface area contributed by atoms with E-state index in [2.05, 4.69) is 10.3 Å². The zero-order valence-electron chi connectivity index (χ0n) is 9.04. The fourth-order valence-electron chi connectivity index (χ4n) is 1.00. The van der Waals surface area contributed by atoms with Crippen LogP contribution in [0.2, 0.25) is 0 Å². The molecule has 7 heteroatoms. The van der Waals surface area contributed by atoms with Crippen molar-refractivity contribution in [2.75, 3.05) is 18.1 Å². The number of hydrogen-bond acceptors (Lipinski definition) is 5. The number of carboxylic acids is 1. The van der Waals surface area contributed by atoms with Crippen LogP contribution in [0, 0.1) is 5.92 Å². The maximum absolute atomic E-state index is 10.5. The maximum atomic E-state index is 10.5. The van der Waals surface area contributed by atoms with Crippen LogP contribution in [0.3, 0.4) is 0 Å². The van der Waals surface area contributed by atoms with Crippen molar-refractivity contribution in [3.05, 3.63) is 11.9 Å². The molecule has 6 nitrogen and oxygen atoms in total. The highest BCUT2D eigenvalue weighted by atomic mass is 32.2. The Bertz CT molecular complexity index is 342. The highest BCUT2D eigenvalue weighted by molar-refractivity contribution is 7.99. The second kappa shape index (κ2) is 6.49. The standard InChI is InChI=1S/C9H15N3O3S/c1-7(5-13)6-16-3-2-12-4-8(9(14)15)10-11-12/h4,7,13H,2-3,5-6H2,1H3,(H,14,15). The fourth-order valence-corrected chi connectivity index (χ4v) is 1.99. The summed E-state index contributed by atoms with van der Waals surface area (Å²) < 4.78 is 1.51. The molecule has 1 heterocycles. The van der Waals surface area contributed by atoms with E-state index in [0.29, 0.717) is 6.54 Å². The van der Waals surface area contributed by atoms with Crippen molar-refractivity contribution in [3.63, 3.8) is 0 Å². The minimum absolute atomic E-state index is 0.0336. The molecule has 0 aliphatic rings. The van der Waals surface area contributed by atoms with Crippen molar-refractivity contribution in [2.45, 2.75) is 13.5 Å². The smallest absolute Gasteiger partial charge is 0.358 e. The number of aliphatic hydroxyl groups is 1. The first-order valence-electron chi connectivity index (χ1n) is 4.95. The van der Waals surface area contributed by atoms with Gasteiger partial charge in [0, 0.05) is 12.4 Å². The Kier molecular flexibility index (Phi) is 5.27. The summed E-state index contributed by atoms with van der Waals surface area (Å²) in [4.78, 5) is 10.5. The Morgan fingerprint density at radius 2 is 2.44 bits per heavy atom. The number of hydrogen-bond donors (Lipinski definition) is 2. The van der Waals surface area contributed by atoms with Crippen molar-refractivity contribution in [2.24, 2.45) is 5.92 Å². The first-order chi connectivity index (χ1) is 7.63. The van der Waals surface area contributed by atoms with Gasteiger partial charge in [0.1, 0.15) is 0 Å². The van der Waals surface area contributed by atoms with Crippen molar-refractivity contribution in [1.82, 2.24) is 15.0 Å². The Balaban J connectivity index is 2.24.